The topological polar surface area (TPSA) is 64.1 Å². The first-order valence-corrected chi connectivity index (χ1v) is 9.43. The maximum atomic E-state index is 12.6. The lowest BCUT2D eigenvalue weighted by atomic mass is 10.1. The number of ether oxygens (including phenoxy) is 1. The number of rotatable bonds is 7. The van der Waals surface area contributed by atoms with Gasteiger partial charge in [0, 0.05) is 12.0 Å². The van der Waals surface area contributed by atoms with Crippen LogP contribution in [0, 0.1) is 6.92 Å². The Hall–Kier alpha value is -3.21. The molecule has 5 heteroatoms. The van der Waals surface area contributed by atoms with Gasteiger partial charge in [-0.3, -0.25) is 0 Å². The molecule has 0 saturated carbocycles. The normalized spacial score (nSPS) is 11.9. The molecule has 0 radical (unpaired) electrons. The van der Waals surface area contributed by atoms with Crippen molar-refractivity contribution in [1.29, 1.82) is 0 Å². The molecule has 2 aromatic carbocycles. The molecule has 1 aromatic heterocycles. The predicted octanol–water partition coefficient (Wildman–Crippen LogP) is 4.43. The molecule has 0 spiro atoms. The Labute approximate surface area is 165 Å². The summed E-state index contributed by atoms with van der Waals surface area (Å²) in [6.07, 6.45) is 2.05. The lowest BCUT2D eigenvalue weighted by Gasteiger charge is -2.20. The number of hydrogen-bond donors (Lipinski definition) is 1. The highest BCUT2D eigenvalue weighted by molar-refractivity contribution is 5.79. The van der Waals surface area contributed by atoms with E-state index in [2.05, 4.69) is 15.3 Å². The first kappa shape index (κ1) is 19.5. The third kappa shape index (κ3) is 5.16. The van der Waals surface area contributed by atoms with E-state index >= 15 is 0 Å². The summed E-state index contributed by atoms with van der Waals surface area (Å²) in [4.78, 5) is 21.8. The standard InChI is InChI=1S/C23H25N3O2/c1-16(2)28-23(27)20(14-18-10-6-4-7-11-18)26-22-17(3)25-21(15-24-22)19-12-8-5-9-13-19/h4-13,15-16,20H,14H2,1-3H3,(H,24,26)/t20-/m0/s1. The highest BCUT2D eigenvalue weighted by atomic mass is 16.5. The minimum absolute atomic E-state index is 0.180. The summed E-state index contributed by atoms with van der Waals surface area (Å²) in [7, 11) is 0. The molecule has 144 valence electrons. The molecule has 1 heterocycles. The Morgan fingerprint density at radius 2 is 1.68 bits per heavy atom. The van der Waals surface area contributed by atoms with Crippen molar-refractivity contribution in [3.8, 4) is 11.3 Å². The summed E-state index contributed by atoms with van der Waals surface area (Å²) in [5.41, 5.74) is 3.58. The first-order valence-electron chi connectivity index (χ1n) is 9.43. The van der Waals surface area contributed by atoms with Gasteiger partial charge in [-0.2, -0.15) is 0 Å². The van der Waals surface area contributed by atoms with Crippen LogP contribution in [-0.2, 0) is 16.0 Å². The van der Waals surface area contributed by atoms with Crippen molar-refractivity contribution in [2.24, 2.45) is 0 Å². The minimum atomic E-state index is -0.541. The summed E-state index contributed by atoms with van der Waals surface area (Å²) in [6, 6.07) is 19.2. The van der Waals surface area contributed by atoms with Crippen molar-refractivity contribution in [2.45, 2.75) is 39.3 Å². The molecule has 0 aliphatic heterocycles. The molecule has 1 N–H and O–H groups in total. The third-order valence-corrected chi connectivity index (χ3v) is 4.25. The summed E-state index contributed by atoms with van der Waals surface area (Å²) in [5, 5.41) is 3.23. The second kappa shape index (κ2) is 9.13. The minimum Gasteiger partial charge on any atom is -0.461 e. The zero-order chi connectivity index (χ0) is 19.9. The third-order valence-electron chi connectivity index (χ3n) is 4.25. The number of benzene rings is 2. The Kier molecular flexibility index (Phi) is 6.37. The molecule has 0 aliphatic rings. The summed E-state index contributed by atoms with van der Waals surface area (Å²) in [5.74, 6) is 0.286. The Morgan fingerprint density at radius 3 is 2.29 bits per heavy atom. The van der Waals surface area contributed by atoms with E-state index in [0.29, 0.717) is 12.2 Å². The smallest absolute Gasteiger partial charge is 0.329 e. The number of nitrogens with zero attached hydrogens (tertiary/aromatic N) is 2. The van der Waals surface area contributed by atoms with Gasteiger partial charge in [0.05, 0.1) is 23.7 Å². The zero-order valence-corrected chi connectivity index (χ0v) is 16.4. The van der Waals surface area contributed by atoms with Gasteiger partial charge in [-0.15, -0.1) is 0 Å². The van der Waals surface area contributed by atoms with Crippen LogP contribution in [0.25, 0.3) is 11.3 Å². The maximum absolute atomic E-state index is 12.6. The molecular weight excluding hydrogens is 350 g/mol. The van der Waals surface area contributed by atoms with Gasteiger partial charge in [0.15, 0.2) is 0 Å². The second-order valence-corrected chi connectivity index (χ2v) is 6.93. The number of aryl methyl sites for hydroxylation is 1. The fraction of sp³-hybridized carbons (Fsp3) is 0.261. The molecule has 3 rings (SSSR count). The number of esters is 1. The lowest BCUT2D eigenvalue weighted by molar-refractivity contribution is -0.148. The van der Waals surface area contributed by atoms with Crippen LogP contribution in [0.5, 0.6) is 0 Å². The van der Waals surface area contributed by atoms with Gasteiger partial charge in [0.25, 0.3) is 0 Å². The number of carbonyl (C=O) groups excluding carboxylic acids is 1. The van der Waals surface area contributed by atoms with Crippen LogP contribution < -0.4 is 5.32 Å². The summed E-state index contributed by atoms with van der Waals surface area (Å²) < 4.78 is 5.44. The largest absolute Gasteiger partial charge is 0.461 e. The Balaban J connectivity index is 1.82. The van der Waals surface area contributed by atoms with Crippen LogP contribution in [0.2, 0.25) is 0 Å². The van der Waals surface area contributed by atoms with Crippen LogP contribution >= 0.6 is 0 Å². The number of carbonyl (C=O) groups is 1. The van der Waals surface area contributed by atoms with Gasteiger partial charge in [-0.1, -0.05) is 60.7 Å². The van der Waals surface area contributed by atoms with Gasteiger partial charge >= 0.3 is 5.97 Å². The van der Waals surface area contributed by atoms with Crippen molar-refractivity contribution in [3.05, 3.63) is 78.1 Å². The van der Waals surface area contributed by atoms with Gasteiger partial charge < -0.3 is 10.1 Å². The van der Waals surface area contributed by atoms with Crippen molar-refractivity contribution in [3.63, 3.8) is 0 Å². The van der Waals surface area contributed by atoms with Crippen molar-refractivity contribution >= 4 is 11.8 Å². The SMILES string of the molecule is Cc1nc(-c2ccccc2)cnc1N[C@@H](Cc1ccccc1)C(=O)OC(C)C. The fourth-order valence-electron chi connectivity index (χ4n) is 2.89. The fourth-order valence-corrected chi connectivity index (χ4v) is 2.89. The lowest BCUT2D eigenvalue weighted by Crippen LogP contribution is -2.35. The molecule has 1 atom stereocenters. The molecule has 0 saturated heterocycles. The van der Waals surface area contributed by atoms with E-state index in [-0.39, 0.29) is 12.1 Å². The predicted molar refractivity (Wildman–Crippen MR) is 111 cm³/mol. The van der Waals surface area contributed by atoms with Crippen molar-refractivity contribution < 1.29 is 9.53 Å². The highest BCUT2D eigenvalue weighted by Crippen LogP contribution is 2.20. The maximum Gasteiger partial charge on any atom is 0.329 e. The highest BCUT2D eigenvalue weighted by Gasteiger charge is 2.23. The van der Waals surface area contributed by atoms with Crippen molar-refractivity contribution in [1.82, 2.24) is 9.97 Å². The molecule has 0 unspecified atom stereocenters. The molecule has 0 bridgehead atoms. The second-order valence-electron chi connectivity index (χ2n) is 6.93. The van der Waals surface area contributed by atoms with Gasteiger partial charge in [-0.05, 0) is 26.3 Å². The first-order chi connectivity index (χ1) is 13.5. The molecule has 3 aromatic rings. The van der Waals surface area contributed by atoms with E-state index < -0.39 is 6.04 Å². The molecule has 5 nitrogen and oxygen atoms in total. The van der Waals surface area contributed by atoms with Crippen LogP contribution in [0.3, 0.4) is 0 Å². The quantitative estimate of drug-likeness (QED) is 0.619. The summed E-state index contributed by atoms with van der Waals surface area (Å²) in [6.45, 7) is 5.57. The van der Waals surface area contributed by atoms with Gasteiger partial charge in [-0.25, -0.2) is 14.8 Å². The number of hydrogen-bond acceptors (Lipinski definition) is 5. The van der Waals surface area contributed by atoms with E-state index in [4.69, 9.17) is 4.74 Å². The Bertz CT molecular complexity index is 912. The molecular formula is C23H25N3O2. The molecule has 0 aliphatic carbocycles. The van der Waals surface area contributed by atoms with E-state index in [9.17, 15) is 4.79 Å². The van der Waals surface area contributed by atoms with Crippen LogP contribution in [0.1, 0.15) is 25.1 Å². The zero-order valence-electron chi connectivity index (χ0n) is 16.4. The van der Waals surface area contributed by atoms with E-state index in [0.717, 1.165) is 22.5 Å². The van der Waals surface area contributed by atoms with Gasteiger partial charge in [0.1, 0.15) is 11.9 Å². The van der Waals surface area contributed by atoms with E-state index in [1.165, 1.54) is 0 Å². The molecule has 0 fully saturated rings. The average molecular weight is 375 g/mol. The van der Waals surface area contributed by atoms with E-state index in [1.54, 1.807) is 6.20 Å². The average Bonchev–Trinajstić information content (AvgIpc) is 2.69. The monoisotopic (exact) mass is 375 g/mol. The van der Waals surface area contributed by atoms with Crippen LogP contribution in [0.4, 0.5) is 5.82 Å². The molecule has 28 heavy (non-hydrogen) atoms. The number of aromatic nitrogens is 2. The number of anilines is 1. The molecule has 0 amide bonds. The number of nitrogens with one attached hydrogen (secondary N) is 1. The Morgan fingerprint density at radius 1 is 1.04 bits per heavy atom. The summed E-state index contributed by atoms with van der Waals surface area (Å²) >= 11 is 0. The van der Waals surface area contributed by atoms with Gasteiger partial charge in [0.2, 0.25) is 0 Å². The van der Waals surface area contributed by atoms with Crippen LogP contribution in [0.15, 0.2) is 66.9 Å². The van der Waals surface area contributed by atoms with Crippen LogP contribution in [-0.4, -0.2) is 28.1 Å². The van der Waals surface area contributed by atoms with E-state index in [1.807, 2.05) is 81.4 Å². The van der Waals surface area contributed by atoms with Crippen molar-refractivity contribution in [2.75, 3.05) is 5.32 Å².